The number of aromatic nitrogens is 2. The summed E-state index contributed by atoms with van der Waals surface area (Å²) in [6, 6.07) is 7.54. The number of fused-ring (bicyclic) bond motifs is 2. The largest absolute Gasteiger partial charge is 0.394 e. The zero-order valence-corrected chi connectivity index (χ0v) is 39.5. The molecule has 0 aliphatic carbocycles. The molecule has 4 N–H and O–H groups in total. The van der Waals surface area contributed by atoms with Crippen molar-refractivity contribution in [3.8, 4) is 0 Å². The van der Waals surface area contributed by atoms with Crippen LogP contribution in [0, 0.1) is 17.8 Å². The number of nitrogens with one attached hydrogen (secondary N) is 3. The number of hydrogen-bond donors (Lipinski definition) is 4. The van der Waals surface area contributed by atoms with E-state index in [0.717, 1.165) is 83.0 Å². The minimum absolute atomic E-state index is 0.0131. The number of aliphatic hydroxyl groups excluding tert-OH is 1. The number of ketones is 2. The Bertz CT molecular complexity index is 1820. The Morgan fingerprint density at radius 3 is 2.36 bits per heavy atom. The molecule has 6 atom stereocenters. The van der Waals surface area contributed by atoms with Crippen molar-refractivity contribution in [2.75, 3.05) is 19.7 Å². The van der Waals surface area contributed by atoms with Crippen molar-refractivity contribution in [2.24, 2.45) is 17.8 Å². The minimum atomic E-state index is -1.39. The first kappa shape index (κ1) is 52.3. The number of amides is 4. The molecule has 0 spiro atoms. The van der Waals surface area contributed by atoms with E-state index in [1.54, 1.807) is 0 Å². The number of aryl methyl sites for hydroxylation is 3. The first-order valence-electron chi connectivity index (χ1n) is 23.7. The average molecular weight is 910 g/mol. The summed E-state index contributed by atoms with van der Waals surface area (Å²) >= 11 is 0. The van der Waals surface area contributed by atoms with Crippen LogP contribution in [-0.4, -0.2) is 93.7 Å². The van der Waals surface area contributed by atoms with E-state index < -0.39 is 81.3 Å². The molecule has 1 aromatic carbocycles. The monoisotopic (exact) mass is 910 g/mol. The van der Waals surface area contributed by atoms with Crippen molar-refractivity contribution >= 4 is 43.9 Å². The molecule has 3 heterocycles. The predicted molar refractivity (Wildman–Crippen MR) is 243 cm³/mol. The minimum Gasteiger partial charge on any atom is -0.394 e. The van der Waals surface area contributed by atoms with Gasteiger partial charge in [-0.2, -0.15) is 0 Å². The van der Waals surface area contributed by atoms with E-state index in [-0.39, 0.29) is 30.4 Å². The fourth-order valence-corrected chi connectivity index (χ4v) is 9.22. The number of nitrogens with zero attached hydrogens (tertiary/aromatic N) is 3. The number of rotatable bonds is 20. The van der Waals surface area contributed by atoms with Gasteiger partial charge in [0.1, 0.15) is 24.0 Å². The lowest BCUT2D eigenvalue weighted by molar-refractivity contribution is -0.697. The summed E-state index contributed by atoms with van der Waals surface area (Å²) < 4.78 is 20.8. The van der Waals surface area contributed by atoms with E-state index in [4.69, 9.17) is 4.52 Å². The fourth-order valence-electron chi connectivity index (χ4n) is 8.94. The van der Waals surface area contributed by atoms with E-state index >= 15 is 0 Å². The summed E-state index contributed by atoms with van der Waals surface area (Å²) in [5.74, 6) is -4.66. The normalized spacial score (nSPS) is 21.7. The van der Waals surface area contributed by atoms with Crippen LogP contribution in [0.2, 0.25) is 0 Å². The van der Waals surface area contributed by atoms with Gasteiger partial charge in [0.25, 0.3) is 0 Å². The molecule has 15 nitrogen and oxygen atoms in total. The van der Waals surface area contributed by atoms with E-state index in [1.807, 2.05) is 26.1 Å². The number of Topliss-reactive ketones (excluding diaryl/α,β-unsaturated/α-hetero) is 2. The number of unbranched alkanes of at least 4 members (excludes halogenated alkanes) is 5. The zero-order valence-electron chi connectivity index (χ0n) is 38.6. The van der Waals surface area contributed by atoms with Gasteiger partial charge in [-0.3, -0.25) is 33.3 Å². The number of carbonyl (C=O) groups excluding carboxylic acids is 6. The molecule has 354 valence electrons. The molecule has 0 radical (unpaired) electrons. The Morgan fingerprint density at radius 2 is 1.66 bits per heavy atom. The van der Waals surface area contributed by atoms with Gasteiger partial charge < -0.3 is 26.0 Å². The lowest BCUT2D eigenvalue weighted by atomic mass is 9.89. The van der Waals surface area contributed by atoms with E-state index in [2.05, 4.69) is 55.7 Å². The van der Waals surface area contributed by atoms with Gasteiger partial charge in [-0.05, 0) is 82.6 Å². The molecule has 4 rings (SSSR count). The lowest BCUT2D eigenvalue weighted by Gasteiger charge is -2.27. The predicted octanol–water partition coefficient (Wildman–Crippen LogP) is 5.37. The summed E-state index contributed by atoms with van der Waals surface area (Å²) in [5, 5.41) is 19.0. The van der Waals surface area contributed by atoms with Crippen LogP contribution in [0.4, 0.5) is 0 Å². The molecule has 2 aromatic rings. The molecule has 0 unspecified atom stereocenters. The van der Waals surface area contributed by atoms with Crippen LogP contribution in [-0.2, 0) is 63.8 Å². The van der Waals surface area contributed by atoms with E-state index in [1.165, 1.54) is 30.7 Å². The highest BCUT2D eigenvalue weighted by atomic mass is 31.1. The smallest absolute Gasteiger partial charge is 0.327 e. The molecular weight excluding hydrogens is 836 g/mol. The number of hydrogen-bond acceptors (Lipinski definition) is 9. The zero-order chi connectivity index (χ0) is 46.4. The van der Waals surface area contributed by atoms with Crippen LogP contribution in [0.3, 0.4) is 0 Å². The fraction of sp³-hybridized carbons (Fsp3) is 0.688. The average Bonchev–Trinajstić information content (AvgIpc) is 3.92. The van der Waals surface area contributed by atoms with E-state index in [0.29, 0.717) is 32.4 Å². The Labute approximate surface area is 381 Å². The third-order valence-corrected chi connectivity index (χ3v) is 13.1. The second-order valence-corrected chi connectivity index (χ2v) is 18.6. The highest BCUT2D eigenvalue weighted by Gasteiger charge is 2.38. The summed E-state index contributed by atoms with van der Waals surface area (Å²) in [6.45, 7) is 8.40. The lowest BCUT2D eigenvalue weighted by Crippen LogP contribution is -2.52. The molecule has 1 aromatic heterocycles. The van der Waals surface area contributed by atoms with Crippen molar-refractivity contribution in [3.05, 3.63) is 54.1 Å². The van der Waals surface area contributed by atoms with Gasteiger partial charge in [0, 0.05) is 39.3 Å². The molecular formula is C48H74N6O9P+. The highest BCUT2D eigenvalue weighted by molar-refractivity contribution is 7.17. The number of carbonyl (C=O) groups is 6. The second-order valence-electron chi connectivity index (χ2n) is 18.3. The Balaban J connectivity index is 1.58. The number of benzene rings is 1. The molecule has 2 aliphatic heterocycles. The van der Waals surface area contributed by atoms with E-state index in [9.17, 15) is 38.4 Å². The van der Waals surface area contributed by atoms with Gasteiger partial charge in [-0.15, -0.1) is 0 Å². The molecule has 4 amide bonds. The molecule has 0 saturated carbocycles. The maximum Gasteiger partial charge on any atom is 0.327 e. The van der Waals surface area contributed by atoms with Crippen LogP contribution in [0.15, 0.2) is 42.9 Å². The van der Waals surface area contributed by atoms with Gasteiger partial charge in [0.05, 0.1) is 43.7 Å². The van der Waals surface area contributed by atoms with Crippen LogP contribution < -0.4 is 20.5 Å². The Kier molecular flexibility index (Phi) is 22.8. The van der Waals surface area contributed by atoms with Crippen LogP contribution in [0.5, 0.6) is 0 Å². The highest BCUT2D eigenvalue weighted by Crippen LogP contribution is 2.23. The topological polar surface area (TPSA) is 197 Å². The maximum absolute atomic E-state index is 14.5. The van der Waals surface area contributed by atoms with Gasteiger partial charge in [-0.1, -0.05) is 69.9 Å². The van der Waals surface area contributed by atoms with Crippen LogP contribution in [0.25, 0.3) is 0 Å². The summed E-state index contributed by atoms with van der Waals surface area (Å²) in [4.78, 5) is 83.4. The standard InChI is InChI=1S/C48H73N6O9P/c1-34(2)27-41(50-48(61)43-22-18-26-54(43)36(4)56)44(57)29-38-28-39-31-52(33-53(39)25-17-9-6-5-7-12-19-37-20-13-11-14-21-37)24-16-10-8-15-23-49-47(60)40(35(3)63-64-62)30-45(58)42(32-55)51-46(38)59/h11,13-14,20-21,31,33-35,38,40-43,55H,5-10,12,15-19,22-30,32H2,1-4H3,(H2-,49,50,51,59,60,61)/p+1/t35-,38-,40+,41+,42+,43+/m1/s1. The quantitative estimate of drug-likeness (QED) is 0.0767. The summed E-state index contributed by atoms with van der Waals surface area (Å²) in [5.41, 5.74) is 2.21. The summed E-state index contributed by atoms with van der Waals surface area (Å²) in [7, 11) is -0.653. The third-order valence-electron chi connectivity index (χ3n) is 12.6. The second kappa shape index (κ2) is 27.9. The van der Waals surface area contributed by atoms with Gasteiger partial charge in [0.2, 0.25) is 30.0 Å². The number of aliphatic hydroxyl groups is 1. The first-order chi connectivity index (χ1) is 30.8. The van der Waals surface area contributed by atoms with Crippen LogP contribution >= 0.6 is 8.69 Å². The molecule has 16 heteroatoms. The first-order valence-corrected chi connectivity index (χ1v) is 24.5. The molecule has 1 saturated heterocycles. The van der Waals surface area contributed by atoms with Gasteiger partial charge >= 0.3 is 8.69 Å². The van der Waals surface area contributed by atoms with Gasteiger partial charge in [0.15, 0.2) is 11.6 Å². The Hall–Kier alpha value is -4.33. The summed E-state index contributed by atoms with van der Waals surface area (Å²) in [6.07, 6.45) is 15.2. The van der Waals surface area contributed by atoms with Crippen LogP contribution in [0.1, 0.15) is 135 Å². The Morgan fingerprint density at radius 1 is 0.938 bits per heavy atom. The molecule has 64 heavy (non-hydrogen) atoms. The third kappa shape index (κ3) is 17.2. The van der Waals surface area contributed by atoms with Crippen molar-refractivity contribution < 1.29 is 47.5 Å². The SMILES string of the molecule is CC(=O)N1CCC[C@H]1C(=O)N[C@@H](CC(C)C)C(=O)C[C@H]1Cc2c[n+](cn2CCCCCCCCc2ccccc2)CCCCCCNC(=O)[C@H]([C@@H](C)OP=O)CC(=O)[C@H](CO)NC1=O. The van der Waals surface area contributed by atoms with Crippen molar-refractivity contribution in [1.82, 2.24) is 25.4 Å². The number of likely N-dealkylation sites (tertiary alicyclic amines) is 1. The van der Waals surface area contributed by atoms with Crippen molar-refractivity contribution in [3.63, 3.8) is 0 Å². The van der Waals surface area contributed by atoms with Crippen molar-refractivity contribution in [2.45, 2.75) is 174 Å². The molecule has 2 bridgehead atoms. The maximum atomic E-state index is 14.5. The van der Waals surface area contributed by atoms with Gasteiger partial charge in [-0.25, -0.2) is 13.7 Å². The van der Waals surface area contributed by atoms with Crippen molar-refractivity contribution in [1.29, 1.82) is 0 Å². The molecule has 2 aliphatic rings. The number of imidazole rings is 1. The molecule has 1 fully saturated rings.